The van der Waals surface area contributed by atoms with E-state index in [4.69, 9.17) is 21.1 Å². The van der Waals surface area contributed by atoms with Crippen molar-refractivity contribution in [2.24, 2.45) is 0 Å². The smallest absolute Gasteiger partial charge is 0.192 e. The molecule has 0 radical (unpaired) electrons. The van der Waals surface area contributed by atoms with Gasteiger partial charge in [0.15, 0.2) is 5.78 Å². The van der Waals surface area contributed by atoms with Crippen molar-refractivity contribution in [3.8, 4) is 5.75 Å². The van der Waals surface area contributed by atoms with E-state index < -0.39 is 0 Å². The Morgan fingerprint density at radius 2 is 1.80 bits per heavy atom. The number of ether oxygens (including phenoxy) is 2. The Kier molecular flexibility index (Phi) is 5.16. The molecule has 0 heterocycles. The van der Waals surface area contributed by atoms with Crippen molar-refractivity contribution in [3.63, 3.8) is 0 Å². The van der Waals surface area contributed by atoms with Crippen molar-refractivity contribution >= 4 is 17.4 Å². The number of Topliss-reactive ketones (excluding diaryl/α,β-unsaturated/α-hetero) is 1. The van der Waals surface area contributed by atoms with Crippen LogP contribution < -0.4 is 4.74 Å². The molecule has 0 saturated carbocycles. The van der Waals surface area contributed by atoms with E-state index in [1.54, 1.807) is 37.4 Å². The number of rotatable bonds is 6. The number of hydrogen-bond acceptors (Lipinski definition) is 3. The SMILES string of the molecule is COc1ccccc1C(=O)COCc1ccc(Cl)cc1. The van der Waals surface area contributed by atoms with Gasteiger partial charge in [0.2, 0.25) is 0 Å². The van der Waals surface area contributed by atoms with E-state index >= 15 is 0 Å². The van der Waals surface area contributed by atoms with Crippen molar-refractivity contribution in [2.45, 2.75) is 6.61 Å². The first-order chi connectivity index (χ1) is 9.70. The molecule has 0 saturated heterocycles. The fourth-order valence-electron chi connectivity index (χ4n) is 1.79. The molecule has 0 N–H and O–H groups in total. The zero-order valence-electron chi connectivity index (χ0n) is 11.1. The predicted molar refractivity (Wildman–Crippen MR) is 78.4 cm³/mol. The lowest BCUT2D eigenvalue weighted by Gasteiger charge is -2.08. The Balaban J connectivity index is 1.90. The number of hydrogen-bond donors (Lipinski definition) is 0. The highest BCUT2D eigenvalue weighted by Gasteiger charge is 2.11. The molecule has 0 aliphatic carbocycles. The lowest BCUT2D eigenvalue weighted by Crippen LogP contribution is -2.10. The second-order valence-electron chi connectivity index (χ2n) is 4.24. The second-order valence-corrected chi connectivity index (χ2v) is 4.68. The summed E-state index contributed by atoms with van der Waals surface area (Å²) in [6.07, 6.45) is 0. The maximum Gasteiger partial charge on any atom is 0.192 e. The van der Waals surface area contributed by atoms with Crippen molar-refractivity contribution in [3.05, 3.63) is 64.7 Å². The molecule has 2 aromatic carbocycles. The van der Waals surface area contributed by atoms with Gasteiger partial charge in [0.25, 0.3) is 0 Å². The van der Waals surface area contributed by atoms with Crippen molar-refractivity contribution < 1.29 is 14.3 Å². The average Bonchev–Trinajstić information content (AvgIpc) is 2.49. The van der Waals surface area contributed by atoms with Gasteiger partial charge in [-0.2, -0.15) is 0 Å². The van der Waals surface area contributed by atoms with Crippen LogP contribution >= 0.6 is 11.6 Å². The molecular weight excluding hydrogens is 276 g/mol. The van der Waals surface area contributed by atoms with Crippen LogP contribution in [0, 0.1) is 0 Å². The van der Waals surface area contributed by atoms with E-state index in [0.717, 1.165) is 5.56 Å². The summed E-state index contributed by atoms with van der Waals surface area (Å²) >= 11 is 5.80. The molecule has 0 amide bonds. The summed E-state index contributed by atoms with van der Waals surface area (Å²) in [5.74, 6) is 0.462. The summed E-state index contributed by atoms with van der Waals surface area (Å²) in [5.41, 5.74) is 1.51. The van der Waals surface area contributed by atoms with Gasteiger partial charge in [0.1, 0.15) is 12.4 Å². The molecule has 2 rings (SSSR count). The zero-order valence-corrected chi connectivity index (χ0v) is 11.9. The van der Waals surface area contributed by atoms with Gasteiger partial charge in [0, 0.05) is 5.02 Å². The van der Waals surface area contributed by atoms with Crippen molar-refractivity contribution in [2.75, 3.05) is 13.7 Å². The summed E-state index contributed by atoms with van der Waals surface area (Å²) < 4.78 is 10.6. The highest BCUT2D eigenvalue weighted by Crippen LogP contribution is 2.18. The van der Waals surface area contributed by atoms with Crippen LogP contribution in [-0.4, -0.2) is 19.5 Å². The quantitative estimate of drug-likeness (QED) is 0.760. The van der Waals surface area contributed by atoms with E-state index in [1.807, 2.05) is 18.2 Å². The van der Waals surface area contributed by atoms with E-state index in [2.05, 4.69) is 0 Å². The van der Waals surface area contributed by atoms with Crippen molar-refractivity contribution in [1.82, 2.24) is 0 Å². The van der Waals surface area contributed by atoms with Crippen LogP contribution in [0.4, 0.5) is 0 Å². The third kappa shape index (κ3) is 3.83. The largest absolute Gasteiger partial charge is 0.496 e. The highest BCUT2D eigenvalue weighted by molar-refractivity contribution is 6.30. The molecule has 104 valence electrons. The summed E-state index contributed by atoms with van der Waals surface area (Å²) in [5, 5.41) is 0.679. The molecule has 20 heavy (non-hydrogen) atoms. The van der Waals surface area contributed by atoms with Crippen LogP contribution in [0.3, 0.4) is 0 Å². The Morgan fingerprint density at radius 3 is 2.50 bits per heavy atom. The molecule has 2 aromatic rings. The molecule has 0 atom stereocenters. The number of para-hydroxylation sites is 1. The Morgan fingerprint density at radius 1 is 1.10 bits per heavy atom. The third-order valence-electron chi connectivity index (χ3n) is 2.82. The van der Waals surface area contributed by atoms with E-state index in [1.165, 1.54) is 0 Å². The minimum atomic E-state index is -0.101. The lowest BCUT2D eigenvalue weighted by molar-refractivity contribution is 0.0724. The molecular formula is C16H15ClO3. The second kappa shape index (κ2) is 7.08. The predicted octanol–water partition coefficient (Wildman–Crippen LogP) is 3.75. The lowest BCUT2D eigenvalue weighted by atomic mass is 10.1. The fourth-order valence-corrected chi connectivity index (χ4v) is 1.92. The fraction of sp³-hybridized carbons (Fsp3) is 0.188. The number of benzene rings is 2. The van der Waals surface area contributed by atoms with Crippen LogP contribution in [0.2, 0.25) is 5.02 Å². The van der Waals surface area contributed by atoms with Gasteiger partial charge in [-0.15, -0.1) is 0 Å². The monoisotopic (exact) mass is 290 g/mol. The third-order valence-corrected chi connectivity index (χ3v) is 3.07. The Hall–Kier alpha value is -1.84. The normalized spacial score (nSPS) is 10.3. The minimum absolute atomic E-state index is 0.0169. The Labute approximate surface area is 123 Å². The average molecular weight is 291 g/mol. The number of ketones is 1. The topological polar surface area (TPSA) is 35.5 Å². The molecule has 0 unspecified atom stereocenters. The summed E-state index contributed by atoms with van der Waals surface area (Å²) in [7, 11) is 1.54. The molecule has 4 heteroatoms. The molecule has 0 fully saturated rings. The molecule has 0 bridgehead atoms. The van der Waals surface area contributed by atoms with Gasteiger partial charge in [-0.25, -0.2) is 0 Å². The molecule has 0 aliphatic heterocycles. The van der Waals surface area contributed by atoms with Gasteiger partial charge in [-0.1, -0.05) is 35.9 Å². The van der Waals surface area contributed by atoms with E-state index in [-0.39, 0.29) is 12.4 Å². The van der Waals surface area contributed by atoms with E-state index in [9.17, 15) is 4.79 Å². The first kappa shape index (κ1) is 14.6. The highest BCUT2D eigenvalue weighted by atomic mass is 35.5. The first-order valence-electron chi connectivity index (χ1n) is 6.19. The zero-order chi connectivity index (χ0) is 14.4. The van der Waals surface area contributed by atoms with Crippen molar-refractivity contribution in [1.29, 1.82) is 0 Å². The van der Waals surface area contributed by atoms with Gasteiger partial charge in [0.05, 0.1) is 19.3 Å². The number of methoxy groups -OCH3 is 1. The van der Waals surface area contributed by atoms with Gasteiger partial charge in [-0.3, -0.25) is 4.79 Å². The molecule has 0 aromatic heterocycles. The molecule has 0 spiro atoms. The maximum atomic E-state index is 12.0. The van der Waals surface area contributed by atoms with Gasteiger partial charge < -0.3 is 9.47 Å². The van der Waals surface area contributed by atoms with E-state index in [0.29, 0.717) is 22.9 Å². The number of halogens is 1. The van der Waals surface area contributed by atoms with Gasteiger partial charge in [-0.05, 0) is 29.8 Å². The maximum absolute atomic E-state index is 12.0. The summed E-state index contributed by atoms with van der Waals surface area (Å²) in [6, 6.07) is 14.4. The minimum Gasteiger partial charge on any atom is -0.496 e. The van der Waals surface area contributed by atoms with Crippen LogP contribution in [0.25, 0.3) is 0 Å². The van der Waals surface area contributed by atoms with Gasteiger partial charge >= 0.3 is 0 Å². The van der Waals surface area contributed by atoms with Crippen LogP contribution in [0.15, 0.2) is 48.5 Å². The standard InChI is InChI=1S/C16H15ClO3/c1-19-16-5-3-2-4-14(16)15(18)11-20-10-12-6-8-13(17)9-7-12/h2-9H,10-11H2,1H3. The number of carbonyl (C=O) groups excluding carboxylic acids is 1. The summed E-state index contributed by atoms with van der Waals surface area (Å²) in [4.78, 5) is 12.0. The van der Waals surface area contributed by atoms with Crippen LogP contribution in [0.1, 0.15) is 15.9 Å². The molecule has 3 nitrogen and oxygen atoms in total. The van der Waals surface area contributed by atoms with Crippen LogP contribution in [-0.2, 0) is 11.3 Å². The van der Waals surface area contributed by atoms with Crippen LogP contribution in [0.5, 0.6) is 5.75 Å². The first-order valence-corrected chi connectivity index (χ1v) is 6.57. The molecule has 0 aliphatic rings. The number of carbonyl (C=O) groups is 1. The summed E-state index contributed by atoms with van der Waals surface area (Å²) in [6.45, 7) is 0.390. The Bertz CT molecular complexity index is 579.